The van der Waals surface area contributed by atoms with E-state index >= 15 is 0 Å². The Morgan fingerprint density at radius 2 is 2.16 bits per heavy atom. The zero-order valence-corrected chi connectivity index (χ0v) is 14.3. The van der Waals surface area contributed by atoms with E-state index in [4.69, 9.17) is 17.4 Å². The fraction of sp³-hybridized carbons (Fsp3) is 0.167. The van der Waals surface area contributed by atoms with Gasteiger partial charge < -0.3 is 0 Å². The molecule has 1 unspecified atom stereocenters. The molecule has 0 aliphatic heterocycles. The smallest absolute Gasteiger partial charge is 0.127 e. The first-order chi connectivity index (χ1) is 9.02. The highest BCUT2D eigenvalue weighted by molar-refractivity contribution is 9.13. The molecule has 1 atom stereocenters. The van der Waals surface area contributed by atoms with Gasteiger partial charge >= 0.3 is 0 Å². The predicted molar refractivity (Wildman–Crippen MR) is 84.9 cm³/mol. The van der Waals surface area contributed by atoms with Crippen molar-refractivity contribution in [2.45, 2.75) is 12.5 Å². The van der Waals surface area contributed by atoms with Gasteiger partial charge in [0.25, 0.3) is 0 Å². The van der Waals surface area contributed by atoms with Gasteiger partial charge in [-0.2, -0.15) is 0 Å². The lowest BCUT2D eigenvalue weighted by molar-refractivity contribution is 0.535. The molecule has 102 valence electrons. The molecule has 19 heavy (non-hydrogen) atoms. The Morgan fingerprint density at radius 1 is 1.42 bits per heavy atom. The van der Waals surface area contributed by atoms with Crippen molar-refractivity contribution in [1.29, 1.82) is 0 Å². The van der Waals surface area contributed by atoms with Crippen molar-refractivity contribution < 1.29 is 4.39 Å². The lowest BCUT2D eigenvalue weighted by Gasteiger charge is -2.15. The van der Waals surface area contributed by atoms with Gasteiger partial charge in [0.1, 0.15) is 5.82 Å². The van der Waals surface area contributed by atoms with Gasteiger partial charge in [-0.3, -0.25) is 11.3 Å². The van der Waals surface area contributed by atoms with E-state index in [-0.39, 0.29) is 11.9 Å². The SMILES string of the molecule is NNC(Cc1c(F)cccc1Cl)c1cc(Br)c(Br)s1. The molecule has 1 heterocycles. The predicted octanol–water partition coefficient (Wildman–Crippen LogP) is 4.81. The second-order valence-corrected chi connectivity index (χ2v) is 7.56. The molecule has 0 fully saturated rings. The minimum absolute atomic E-state index is 0.193. The van der Waals surface area contributed by atoms with E-state index in [0.29, 0.717) is 17.0 Å². The molecule has 2 aromatic rings. The zero-order valence-electron chi connectivity index (χ0n) is 9.59. The summed E-state index contributed by atoms with van der Waals surface area (Å²) in [7, 11) is 0. The standard InChI is InChI=1S/C12H10Br2ClFN2S/c13-7-5-11(19-12(7)14)10(18-17)4-6-8(15)2-1-3-9(6)16/h1-3,5,10,18H,4,17H2. The van der Waals surface area contributed by atoms with Crippen LogP contribution in [0.5, 0.6) is 0 Å². The molecule has 7 heteroatoms. The van der Waals surface area contributed by atoms with Crippen LogP contribution < -0.4 is 11.3 Å². The second kappa shape index (κ2) is 6.65. The molecular formula is C12H10Br2ClFN2S. The average Bonchev–Trinajstić information content (AvgIpc) is 2.69. The Balaban J connectivity index is 2.29. The Labute approximate surface area is 136 Å². The maximum atomic E-state index is 13.8. The van der Waals surface area contributed by atoms with Crippen LogP contribution in [0.25, 0.3) is 0 Å². The van der Waals surface area contributed by atoms with Gasteiger partial charge in [-0.1, -0.05) is 17.7 Å². The number of nitrogens with two attached hydrogens (primary N) is 1. The maximum Gasteiger partial charge on any atom is 0.127 e. The number of hydrazine groups is 1. The van der Waals surface area contributed by atoms with E-state index in [1.54, 1.807) is 12.1 Å². The first kappa shape index (κ1) is 15.4. The minimum Gasteiger partial charge on any atom is -0.271 e. The monoisotopic (exact) mass is 426 g/mol. The quantitative estimate of drug-likeness (QED) is 0.542. The molecular weight excluding hydrogens is 418 g/mol. The molecule has 2 nitrogen and oxygen atoms in total. The summed E-state index contributed by atoms with van der Waals surface area (Å²) in [5.41, 5.74) is 3.17. The summed E-state index contributed by atoms with van der Waals surface area (Å²) < 4.78 is 15.7. The molecule has 2 rings (SSSR count). The largest absolute Gasteiger partial charge is 0.271 e. The van der Waals surface area contributed by atoms with Crippen LogP contribution in [0.15, 0.2) is 32.5 Å². The summed E-state index contributed by atoms with van der Waals surface area (Å²) in [6, 6.07) is 6.42. The third-order valence-electron chi connectivity index (χ3n) is 2.68. The highest BCUT2D eigenvalue weighted by atomic mass is 79.9. The van der Waals surface area contributed by atoms with Crippen LogP contribution in [0.4, 0.5) is 4.39 Å². The fourth-order valence-corrected chi connectivity index (χ4v) is 4.10. The molecule has 0 saturated carbocycles. The van der Waals surface area contributed by atoms with Crippen LogP contribution in [0.1, 0.15) is 16.5 Å². The Morgan fingerprint density at radius 3 is 2.68 bits per heavy atom. The van der Waals surface area contributed by atoms with Crippen LogP contribution in [-0.2, 0) is 6.42 Å². The second-order valence-electron chi connectivity index (χ2n) is 3.89. The number of rotatable bonds is 4. The molecule has 0 spiro atoms. The average molecular weight is 429 g/mol. The lowest BCUT2D eigenvalue weighted by Crippen LogP contribution is -2.29. The summed E-state index contributed by atoms with van der Waals surface area (Å²) in [5, 5.41) is 0.412. The van der Waals surface area contributed by atoms with E-state index in [1.807, 2.05) is 6.07 Å². The van der Waals surface area contributed by atoms with E-state index < -0.39 is 0 Å². The Kier molecular flexibility index (Phi) is 5.39. The molecule has 0 aliphatic rings. The lowest BCUT2D eigenvalue weighted by atomic mass is 10.0. The molecule has 0 amide bonds. The van der Waals surface area contributed by atoms with Crippen LogP contribution in [-0.4, -0.2) is 0 Å². The third-order valence-corrected chi connectivity index (χ3v) is 6.40. The maximum absolute atomic E-state index is 13.8. The van der Waals surface area contributed by atoms with Crippen molar-refractivity contribution >= 4 is 54.8 Å². The van der Waals surface area contributed by atoms with Crippen LogP contribution in [0.2, 0.25) is 5.02 Å². The highest BCUT2D eigenvalue weighted by Crippen LogP contribution is 2.37. The Hall–Kier alpha value is 0.0200. The normalized spacial score (nSPS) is 12.7. The number of hydrogen-bond donors (Lipinski definition) is 2. The van der Waals surface area contributed by atoms with Gasteiger partial charge in [-0.25, -0.2) is 4.39 Å². The summed E-state index contributed by atoms with van der Waals surface area (Å²) in [6.45, 7) is 0. The summed E-state index contributed by atoms with van der Waals surface area (Å²) in [6.07, 6.45) is 0.390. The first-order valence-electron chi connectivity index (χ1n) is 5.36. The molecule has 0 bridgehead atoms. The van der Waals surface area contributed by atoms with Crippen molar-refractivity contribution in [2.75, 3.05) is 0 Å². The molecule has 3 N–H and O–H groups in total. The number of thiophene rings is 1. The van der Waals surface area contributed by atoms with Gasteiger partial charge in [0, 0.05) is 19.9 Å². The number of halogens is 4. The van der Waals surface area contributed by atoms with Gasteiger partial charge in [0.15, 0.2) is 0 Å². The zero-order chi connectivity index (χ0) is 14.0. The fourth-order valence-electron chi connectivity index (χ4n) is 1.71. The van der Waals surface area contributed by atoms with Gasteiger partial charge in [-0.05, 0) is 56.5 Å². The number of nitrogens with one attached hydrogen (secondary N) is 1. The minimum atomic E-state index is -0.317. The van der Waals surface area contributed by atoms with Crippen LogP contribution >= 0.6 is 54.8 Å². The van der Waals surface area contributed by atoms with Crippen molar-refractivity contribution in [3.05, 3.63) is 53.8 Å². The van der Waals surface area contributed by atoms with Crippen molar-refractivity contribution in [1.82, 2.24) is 5.43 Å². The van der Waals surface area contributed by atoms with E-state index in [2.05, 4.69) is 37.3 Å². The molecule has 0 radical (unpaired) electrons. The Bertz CT molecular complexity index is 551. The van der Waals surface area contributed by atoms with Gasteiger partial charge in [0.2, 0.25) is 0 Å². The van der Waals surface area contributed by atoms with Crippen LogP contribution in [0, 0.1) is 5.82 Å². The third kappa shape index (κ3) is 3.56. The molecule has 1 aromatic carbocycles. The number of benzene rings is 1. The van der Waals surface area contributed by atoms with Gasteiger partial charge in [0.05, 0.1) is 9.83 Å². The van der Waals surface area contributed by atoms with Gasteiger partial charge in [-0.15, -0.1) is 11.3 Å². The van der Waals surface area contributed by atoms with E-state index in [9.17, 15) is 4.39 Å². The molecule has 0 saturated heterocycles. The topological polar surface area (TPSA) is 38.0 Å². The van der Waals surface area contributed by atoms with E-state index in [0.717, 1.165) is 13.1 Å². The van der Waals surface area contributed by atoms with E-state index in [1.165, 1.54) is 17.4 Å². The van der Waals surface area contributed by atoms with Crippen molar-refractivity contribution in [3.8, 4) is 0 Å². The summed E-state index contributed by atoms with van der Waals surface area (Å²) in [5.74, 6) is 5.26. The number of hydrogen-bond acceptors (Lipinski definition) is 3. The van der Waals surface area contributed by atoms with Crippen molar-refractivity contribution in [3.63, 3.8) is 0 Å². The summed E-state index contributed by atoms with van der Waals surface area (Å²) in [4.78, 5) is 1.00. The summed E-state index contributed by atoms with van der Waals surface area (Å²) >= 11 is 14.4. The van der Waals surface area contributed by atoms with Crippen LogP contribution in [0.3, 0.4) is 0 Å². The molecule has 1 aromatic heterocycles. The first-order valence-corrected chi connectivity index (χ1v) is 8.14. The molecule has 0 aliphatic carbocycles. The van der Waals surface area contributed by atoms with Crippen molar-refractivity contribution in [2.24, 2.45) is 5.84 Å². The highest BCUT2D eigenvalue weighted by Gasteiger charge is 2.18.